The zero-order chi connectivity index (χ0) is 10.5. The summed E-state index contributed by atoms with van der Waals surface area (Å²) in [4.78, 5) is 1.92. The van der Waals surface area contributed by atoms with Gasteiger partial charge in [0.1, 0.15) is 0 Å². The fraction of sp³-hybridized carbons (Fsp3) is 0.833. The summed E-state index contributed by atoms with van der Waals surface area (Å²) in [5.41, 5.74) is 0. The largest absolute Gasteiger partial charge is 0.357 e. The monoisotopic (exact) mass is 241 g/mol. The minimum atomic E-state index is -2.20. The molecule has 0 aliphatic carbocycles. The van der Waals surface area contributed by atoms with E-state index in [-0.39, 0.29) is 0 Å². The second-order valence-electron chi connectivity index (χ2n) is 2.41. The number of amidine groups is 1. The Hall–Kier alpha value is 0.390. The fourth-order valence-electron chi connectivity index (χ4n) is 0.608. The van der Waals surface area contributed by atoms with Crippen LogP contribution in [0.3, 0.4) is 0 Å². The van der Waals surface area contributed by atoms with Gasteiger partial charge in [0.25, 0.3) is 0 Å². The van der Waals surface area contributed by atoms with Crippen molar-refractivity contribution in [2.75, 3.05) is 34.5 Å². The van der Waals surface area contributed by atoms with E-state index in [4.69, 9.17) is 16.3 Å². The maximum absolute atomic E-state index is 5.22. The molecule has 0 heterocycles. The second kappa shape index (κ2) is 5.98. The molecule has 0 radical (unpaired) electrons. The highest BCUT2D eigenvalue weighted by Gasteiger charge is 2.13. The molecule has 0 aromatic rings. The number of nitrogens with zero attached hydrogens (tertiary/aromatic N) is 2. The van der Waals surface area contributed by atoms with Crippen LogP contribution in [0.1, 0.15) is 0 Å². The van der Waals surface area contributed by atoms with Crippen LogP contribution < -0.4 is 5.09 Å². The van der Waals surface area contributed by atoms with Crippen molar-refractivity contribution in [3.05, 3.63) is 0 Å². The maximum Gasteiger partial charge on any atom is 0.246 e. The van der Waals surface area contributed by atoms with E-state index < -0.39 is 6.57 Å². The third kappa shape index (κ3) is 4.42. The van der Waals surface area contributed by atoms with Gasteiger partial charge in [-0.2, -0.15) is 4.76 Å². The van der Waals surface area contributed by atoms with Crippen LogP contribution >= 0.6 is 18.3 Å². The van der Waals surface area contributed by atoms with Crippen molar-refractivity contribution >= 4 is 35.3 Å². The van der Waals surface area contributed by atoms with Gasteiger partial charge in [0, 0.05) is 21.2 Å². The molecule has 0 aliphatic heterocycles. The van der Waals surface area contributed by atoms with Gasteiger partial charge >= 0.3 is 0 Å². The van der Waals surface area contributed by atoms with Crippen LogP contribution in [0.5, 0.6) is 0 Å². The second-order valence-corrected chi connectivity index (χ2v) is 6.72. The fourth-order valence-corrected chi connectivity index (χ4v) is 2.80. The third-order valence-electron chi connectivity index (χ3n) is 1.31. The molecule has 1 N–H and O–H groups in total. The molecule has 1 unspecified atom stereocenters. The Balaban J connectivity index is 4.75. The van der Waals surface area contributed by atoms with Crippen molar-refractivity contribution in [3.8, 4) is 0 Å². The Bertz CT molecular complexity index is 224. The Labute approximate surface area is 89.3 Å². The van der Waals surface area contributed by atoms with E-state index >= 15 is 0 Å². The average Bonchev–Trinajstić information content (AvgIpc) is 2.13. The average molecular weight is 241 g/mol. The van der Waals surface area contributed by atoms with E-state index in [9.17, 15) is 0 Å². The molecular weight excluding hydrogens is 225 g/mol. The van der Waals surface area contributed by atoms with Gasteiger partial charge in [-0.25, -0.2) is 0 Å². The van der Waals surface area contributed by atoms with Gasteiger partial charge in [-0.3, -0.25) is 5.09 Å². The lowest BCUT2D eigenvalue weighted by Crippen LogP contribution is -2.19. The lowest BCUT2D eigenvalue weighted by Gasteiger charge is -2.18. The summed E-state index contributed by atoms with van der Waals surface area (Å²) in [6.45, 7) is -2.20. The summed E-state index contributed by atoms with van der Waals surface area (Å²) >= 11 is 6.77. The van der Waals surface area contributed by atoms with E-state index in [0.29, 0.717) is 0 Å². The molecular formula is C6H16N3OPS2. The minimum Gasteiger partial charge on any atom is -0.357 e. The molecule has 7 heteroatoms. The molecule has 0 aromatic heterocycles. The molecule has 1 atom stereocenters. The van der Waals surface area contributed by atoms with Crippen molar-refractivity contribution in [2.45, 2.75) is 0 Å². The number of nitrogens with one attached hydrogen (secondary N) is 1. The van der Waals surface area contributed by atoms with Crippen molar-refractivity contribution in [1.29, 1.82) is 0 Å². The van der Waals surface area contributed by atoms with Gasteiger partial charge in [-0.15, -0.1) is 0 Å². The molecule has 0 rings (SSSR count). The summed E-state index contributed by atoms with van der Waals surface area (Å²) in [7, 11) is 7.20. The molecule has 0 amide bonds. The minimum absolute atomic E-state index is 0.875. The van der Waals surface area contributed by atoms with Gasteiger partial charge in [0.2, 0.25) is 6.57 Å². The predicted molar refractivity (Wildman–Crippen MR) is 65.0 cm³/mol. The Morgan fingerprint density at radius 2 is 2.15 bits per heavy atom. The van der Waals surface area contributed by atoms with Crippen molar-refractivity contribution in [2.24, 2.45) is 4.76 Å². The molecule has 78 valence electrons. The van der Waals surface area contributed by atoms with Crippen molar-refractivity contribution < 1.29 is 4.52 Å². The predicted octanol–water partition coefficient (Wildman–Crippen LogP) is 1.36. The van der Waals surface area contributed by atoms with Crippen LogP contribution in [0.2, 0.25) is 0 Å². The van der Waals surface area contributed by atoms with Crippen LogP contribution in [0, 0.1) is 0 Å². The van der Waals surface area contributed by atoms with Crippen LogP contribution in [0.4, 0.5) is 0 Å². The highest BCUT2D eigenvalue weighted by Crippen LogP contribution is 2.43. The first-order valence-electron chi connectivity index (χ1n) is 3.65. The van der Waals surface area contributed by atoms with Gasteiger partial charge in [-0.05, 0) is 25.1 Å². The SMILES string of the molecule is CNP(=S)(/N=C(\SC)N(C)C)OC. The molecule has 0 aromatic carbocycles. The van der Waals surface area contributed by atoms with Crippen LogP contribution in [0.15, 0.2) is 4.76 Å². The zero-order valence-corrected chi connectivity index (χ0v) is 11.1. The lowest BCUT2D eigenvalue weighted by atomic mass is 10.9. The van der Waals surface area contributed by atoms with Gasteiger partial charge in [-0.1, -0.05) is 11.8 Å². The van der Waals surface area contributed by atoms with Crippen LogP contribution in [-0.4, -0.2) is 44.6 Å². The van der Waals surface area contributed by atoms with E-state index in [1.165, 1.54) is 0 Å². The van der Waals surface area contributed by atoms with Gasteiger partial charge in [0.05, 0.1) is 0 Å². The first-order valence-corrected chi connectivity index (χ1v) is 7.55. The van der Waals surface area contributed by atoms with Gasteiger partial charge < -0.3 is 9.42 Å². The smallest absolute Gasteiger partial charge is 0.246 e. The highest BCUT2D eigenvalue weighted by molar-refractivity contribution is 8.15. The molecule has 0 aliphatic rings. The van der Waals surface area contributed by atoms with Crippen molar-refractivity contribution in [3.63, 3.8) is 0 Å². The summed E-state index contributed by atoms with van der Waals surface area (Å²) in [6, 6.07) is 0. The lowest BCUT2D eigenvalue weighted by molar-refractivity contribution is 0.453. The van der Waals surface area contributed by atoms with E-state index in [0.717, 1.165) is 5.17 Å². The molecule has 13 heavy (non-hydrogen) atoms. The number of hydrogen-bond acceptors (Lipinski definition) is 3. The zero-order valence-electron chi connectivity index (χ0n) is 8.57. The van der Waals surface area contributed by atoms with Crippen LogP contribution in [-0.2, 0) is 16.3 Å². The standard InChI is InChI=1S/C6H16N3OPS2/c1-7-11(12,10-4)8-6(13-5)9(2)3/h1-5H3,(H,7,12)/b8-6-. The quantitative estimate of drug-likeness (QED) is 0.459. The Morgan fingerprint density at radius 3 is 2.38 bits per heavy atom. The van der Waals surface area contributed by atoms with Gasteiger partial charge in [0.15, 0.2) is 5.17 Å². The Morgan fingerprint density at radius 1 is 1.62 bits per heavy atom. The molecule has 0 spiro atoms. The Kier molecular flexibility index (Phi) is 6.16. The van der Waals surface area contributed by atoms with Crippen LogP contribution in [0.25, 0.3) is 0 Å². The summed E-state index contributed by atoms with van der Waals surface area (Å²) in [5.74, 6) is 0. The number of thioether (sulfide) groups is 1. The summed E-state index contributed by atoms with van der Waals surface area (Å²) < 4.78 is 9.52. The number of hydrogen-bond donors (Lipinski definition) is 1. The normalized spacial score (nSPS) is 16.8. The third-order valence-corrected chi connectivity index (χ3v) is 5.02. The summed E-state index contributed by atoms with van der Waals surface area (Å²) in [5, 5.41) is 3.80. The molecule has 0 saturated heterocycles. The molecule has 0 fully saturated rings. The first-order chi connectivity index (χ1) is 5.99. The van der Waals surface area contributed by atoms with Crippen molar-refractivity contribution in [1.82, 2.24) is 9.99 Å². The van der Waals surface area contributed by atoms with E-state index in [2.05, 4.69) is 9.85 Å². The highest BCUT2D eigenvalue weighted by atomic mass is 32.4. The molecule has 0 saturated carbocycles. The van der Waals surface area contributed by atoms with E-state index in [1.807, 2.05) is 25.3 Å². The first kappa shape index (κ1) is 13.4. The summed E-state index contributed by atoms with van der Waals surface area (Å²) in [6.07, 6.45) is 1.96. The maximum atomic E-state index is 5.22. The number of rotatable bonds is 3. The topological polar surface area (TPSA) is 36.9 Å². The van der Waals surface area contributed by atoms with E-state index in [1.54, 1.807) is 25.9 Å². The molecule has 0 bridgehead atoms. The molecule has 4 nitrogen and oxygen atoms in total.